The van der Waals surface area contributed by atoms with Crippen LogP contribution in [-0.4, -0.2) is 27.4 Å². The van der Waals surface area contributed by atoms with E-state index < -0.39 is 10.0 Å². The summed E-state index contributed by atoms with van der Waals surface area (Å²) in [6.45, 7) is 2.55. The molecule has 0 saturated heterocycles. The number of sulfonamides is 1. The average Bonchev–Trinajstić information content (AvgIpc) is 3.31. The quantitative estimate of drug-likeness (QED) is 0.880. The minimum Gasteiger partial charge on any atom is -0.312 e. The van der Waals surface area contributed by atoms with Crippen molar-refractivity contribution in [3.63, 3.8) is 0 Å². The molecule has 6 heteroatoms. The van der Waals surface area contributed by atoms with E-state index in [0.29, 0.717) is 19.5 Å². The maximum absolute atomic E-state index is 12.8. The van der Waals surface area contributed by atoms with Crippen LogP contribution in [0.1, 0.15) is 30.9 Å². The summed E-state index contributed by atoms with van der Waals surface area (Å²) in [7, 11) is -3.57. The number of nitrogens with one attached hydrogen (secondary N) is 1. The van der Waals surface area contributed by atoms with Crippen molar-refractivity contribution >= 4 is 21.6 Å². The number of anilines is 1. The summed E-state index contributed by atoms with van der Waals surface area (Å²) in [5.74, 6) is -0.0176. The van der Waals surface area contributed by atoms with E-state index in [1.54, 1.807) is 23.1 Å². The predicted molar refractivity (Wildman–Crippen MR) is 101 cm³/mol. The number of amides is 1. The molecule has 0 atom stereocenters. The van der Waals surface area contributed by atoms with Gasteiger partial charge in [0.1, 0.15) is 0 Å². The Labute approximate surface area is 154 Å². The van der Waals surface area contributed by atoms with E-state index in [-0.39, 0.29) is 16.2 Å². The van der Waals surface area contributed by atoms with Gasteiger partial charge < -0.3 is 4.90 Å². The average molecular weight is 370 g/mol. The van der Waals surface area contributed by atoms with E-state index in [0.717, 1.165) is 24.1 Å². The summed E-state index contributed by atoms with van der Waals surface area (Å²) in [5.41, 5.74) is 2.84. The number of hydrogen-bond donors (Lipinski definition) is 1. The number of rotatable bonds is 5. The Morgan fingerprint density at radius 2 is 1.88 bits per heavy atom. The standard InChI is InChI=1S/C20H22N2O3S/c1-15(23)22-12-9-16-13-18(7-8-19(16)22)26(24,25)21-14-20(10-11-20)17-5-3-2-4-6-17/h2-8,13,21H,9-12,14H2,1H3. The van der Waals surface area contributed by atoms with Crippen LogP contribution >= 0.6 is 0 Å². The van der Waals surface area contributed by atoms with Crippen LogP contribution in [0.15, 0.2) is 53.4 Å². The van der Waals surface area contributed by atoms with Gasteiger partial charge in [-0.3, -0.25) is 4.79 Å². The van der Waals surface area contributed by atoms with Gasteiger partial charge >= 0.3 is 0 Å². The third kappa shape index (κ3) is 3.04. The fraction of sp³-hybridized carbons (Fsp3) is 0.350. The molecule has 1 amide bonds. The van der Waals surface area contributed by atoms with Crippen LogP contribution in [0, 0.1) is 0 Å². The van der Waals surface area contributed by atoms with Gasteiger partial charge in [-0.25, -0.2) is 13.1 Å². The van der Waals surface area contributed by atoms with Crippen LogP contribution < -0.4 is 9.62 Å². The summed E-state index contributed by atoms with van der Waals surface area (Å²) in [5, 5.41) is 0. The van der Waals surface area contributed by atoms with E-state index in [4.69, 9.17) is 0 Å². The van der Waals surface area contributed by atoms with Crippen molar-refractivity contribution in [2.75, 3.05) is 18.0 Å². The molecule has 2 aromatic carbocycles. The normalized spacial score (nSPS) is 17.8. The first-order chi connectivity index (χ1) is 12.4. The molecule has 0 radical (unpaired) electrons. The number of carbonyl (C=O) groups is 1. The van der Waals surface area contributed by atoms with Gasteiger partial charge in [0.2, 0.25) is 15.9 Å². The Balaban J connectivity index is 1.52. The highest BCUT2D eigenvalue weighted by atomic mass is 32.2. The fourth-order valence-electron chi connectivity index (χ4n) is 3.70. The number of nitrogens with zero attached hydrogens (tertiary/aromatic N) is 1. The zero-order valence-electron chi connectivity index (χ0n) is 14.7. The van der Waals surface area contributed by atoms with Crippen molar-refractivity contribution in [3.05, 3.63) is 59.7 Å². The van der Waals surface area contributed by atoms with E-state index in [9.17, 15) is 13.2 Å². The molecule has 5 nitrogen and oxygen atoms in total. The molecular formula is C20H22N2O3S. The summed E-state index contributed by atoms with van der Waals surface area (Å²) in [6.07, 6.45) is 2.68. The molecule has 1 N–H and O–H groups in total. The molecule has 1 heterocycles. The Bertz CT molecular complexity index is 950. The second-order valence-corrected chi connectivity index (χ2v) is 8.95. The van der Waals surface area contributed by atoms with E-state index in [1.807, 2.05) is 18.2 Å². The van der Waals surface area contributed by atoms with Gasteiger partial charge in [0.15, 0.2) is 0 Å². The van der Waals surface area contributed by atoms with Gasteiger partial charge in [0.05, 0.1) is 4.90 Å². The second kappa shape index (κ2) is 6.21. The Kier molecular flexibility index (Phi) is 4.12. The van der Waals surface area contributed by atoms with Crippen LogP contribution in [0.4, 0.5) is 5.69 Å². The minimum atomic E-state index is -3.57. The molecule has 4 rings (SSSR count). The molecule has 1 fully saturated rings. The van der Waals surface area contributed by atoms with E-state index >= 15 is 0 Å². The maximum Gasteiger partial charge on any atom is 0.240 e. The largest absolute Gasteiger partial charge is 0.312 e. The zero-order valence-corrected chi connectivity index (χ0v) is 15.6. The summed E-state index contributed by atoms with van der Waals surface area (Å²) in [6, 6.07) is 15.1. The van der Waals surface area contributed by atoms with Crippen LogP contribution in [-0.2, 0) is 26.7 Å². The predicted octanol–water partition coefficient (Wildman–Crippen LogP) is 2.61. The van der Waals surface area contributed by atoms with Crippen molar-refractivity contribution in [1.82, 2.24) is 4.72 Å². The molecule has 1 aliphatic heterocycles. The molecule has 0 spiro atoms. The van der Waals surface area contributed by atoms with E-state index in [2.05, 4.69) is 16.9 Å². The van der Waals surface area contributed by atoms with Crippen LogP contribution in [0.5, 0.6) is 0 Å². The first-order valence-corrected chi connectivity index (χ1v) is 10.4. The summed E-state index contributed by atoms with van der Waals surface area (Å²) < 4.78 is 28.3. The highest BCUT2D eigenvalue weighted by Gasteiger charge is 2.44. The van der Waals surface area contributed by atoms with Crippen LogP contribution in [0.25, 0.3) is 0 Å². The van der Waals surface area contributed by atoms with E-state index in [1.165, 1.54) is 12.5 Å². The van der Waals surface area contributed by atoms with Crippen molar-refractivity contribution in [2.24, 2.45) is 0 Å². The lowest BCUT2D eigenvalue weighted by molar-refractivity contribution is -0.116. The molecular weight excluding hydrogens is 348 g/mol. The highest BCUT2D eigenvalue weighted by molar-refractivity contribution is 7.89. The van der Waals surface area contributed by atoms with Gasteiger partial charge in [0, 0.05) is 31.1 Å². The van der Waals surface area contributed by atoms with Crippen molar-refractivity contribution in [1.29, 1.82) is 0 Å². The summed E-state index contributed by atoms with van der Waals surface area (Å²) in [4.78, 5) is 13.6. The Morgan fingerprint density at radius 3 is 2.54 bits per heavy atom. The highest BCUT2D eigenvalue weighted by Crippen LogP contribution is 2.47. The Morgan fingerprint density at radius 1 is 1.15 bits per heavy atom. The second-order valence-electron chi connectivity index (χ2n) is 7.18. The lowest BCUT2D eigenvalue weighted by Gasteiger charge is -2.17. The lowest BCUT2D eigenvalue weighted by Crippen LogP contribution is -2.32. The van der Waals surface area contributed by atoms with Gasteiger partial charge in [-0.2, -0.15) is 0 Å². The lowest BCUT2D eigenvalue weighted by atomic mass is 9.96. The van der Waals surface area contributed by atoms with Crippen molar-refractivity contribution in [3.8, 4) is 0 Å². The molecule has 26 heavy (non-hydrogen) atoms. The maximum atomic E-state index is 12.8. The third-order valence-corrected chi connectivity index (χ3v) is 6.88. The van der Waals surface area contributed by atoms with Gasteiger partial charge in [-0.15, -0.1) is 0 Å². The minimum absolute atomic E-state index is 0.0176. The van der Waals surface area contributed by atoms with Crippen molar-refractivity contribution < 1.29 is 13.2 Å². The monoisotopic (exact) mass is 370 g/mol. The molecule has 0 aromatic heterocycles. The van der Waals surface area contributed by atoms with Gasteiger partial charge in [-0.1, -0.05) is 30.3 Å². The van der Waals surface area contributed by atoms with Crippen LogP contribution in [0.3, 0.4) is 0 Å². The first kappa shape index (κ1) is 17.2. The Hall–Kier alpha value is -2.18. The first-order valence-electron chi connectivity index (χ1n) is 8.88. The fourth-order valence-corrected chi connectivity index (χ4v) is 4.88. The van der Waals surface area contributed by atoms with Gasteiger partial charge in [-0.05, 0) is 48.6 Å². The number of benzene rings is 2. The topological polar surface area (TPSA) is 66.5 Å². The number of carbonyl (C=O) groups excluding carboxylic acids is 1. The molecule has 136 valence electrons. The molecule has 2 aliphatic rings. The molecule has 1 saturated carbocycles. The summed E-state index contributed by atoms with van der Waals surface area (Å²) >= 11 is 0. The molecule has 2 aromatic rings. The smallest absolute Gasteiger partial charge is 0.240 e. The molecule has 0 bridgehead atoms. The number of hydrogen-bond acceptors (Lipinski definition) is 3. The molecule has 1 aliphatic carbocycles. The van der Waals surface area contributed by atoms with Crippen molar-refractivity contribution in [2.45, 2.75) is 36.5 Å². The molecule has 0 unspecified atom stereocenters. The van der Waals surface area contributed by atoms with Gasteiger partial charge in [0.25, 0.3) is 0 Å². The van der Waals surface area contributed by atoms with Crippen LogP contribution in [0.2, 0.25) is 0 Å². The SMILES string of the molecule is CC(=O)N1CCc2cc(S(=O)(=O)NCC3(c4ccccc4)CC3)ccc21. The zero-order chi connectivity index (χ0) is 18.4. The third-order valence-electron chi connectivity index (χ3n) is 5.48. The number of fused-ring (bicyclic) bond motifs is 1.